The molecule has 3 rings (SSSR count). The molecule has 7 heteroatoms. The van der Waals surface area contributed by atoms with Gasteiger partial charge in [0.15, 0.2) is 0 Å². The van der Waals surface area contributed by atoms with Crippen LogP contribution < -0.4 is 10.0 Å². The first-order valence-electron chi connectivity index (χ1n) is 7.92. The Morgan fingerprint density at radius 3 is 2.35 bits per heavy atom. The lowest BCUT2D eigenvalue weighted by Crippen LogP contribution is -2.13. The van der Waals surface area contributed by atoms with Gasteiger partial charge in [-0.05, 0) is 55.8 Å². The average molecular weight is 388 g/mol. The van der Waals surface area contributed by atoms with E-state index in [-0.39, 0.29) is 4.90 Å². The Morgan fingerprint density at radius 1 is 0.962 bits per heavy atom. The van der Waals surface area contributed by atoms with E-state index >= 15 is 0 Å². The number of nitrogens with one attached hydrogen (secondary N) is 2. The van der Waals surface area contributed by atoms with Crippen LogP contribution in [-0.4, -0.2) is 13.4 Å². The number of sulfonamides is 1. The van der Waals surface area contributed by atoms with Gasteiger partial charge in [0.25, 0.3) is 10.0 Å². The summed E-state index contributed by atoms with van der Waals surface area (Å²) in [7, 11) is -3.64. The SMILES string of the molecule is Cc1ccc(S(=O)(=O)Nc2ccc(Nc3cc(Cl)ccc3C)nc2)cc1. The number of aryl methyl sites for hydroxylation is 2. The smallest absolute Gasteiger partial charge is 0.261 e. The Hall–Kier alpha value is -2.57. The maximum absolute atomic E-state index is 12.4. The highest BCUT2D eigenvalue weighted by molar-refractivity contribution is 7.92. The first-order valence-corrected chi connectivity index (χ1v) is 9.78. The molecule has 0 fully saturated rings. The zero-order valence-corrected chi connectivity index (χ0v) is 15.9. The normalized spacial score (nSPS) is 11.2. The van der Waals surface area contributed by atoms with E-state index in [4.69, 9.17) is 11.6 Å². The van der Waals surface area contributed by atoms with Crippen molar-refractivity contribution in [2.45, 2.75) is 18.7 Å². The lowest BCUT2D eigenvalue weighted by molar-refractivity contribution is 0.601. The van der Waals surface area contributed by atoms with Crippen LogP contribution in [0, 0.1) is 13.8 Å². The minimum Gasteiger partial charge on any atom is -0.340 e. The van der Waals surface area contributed by atoms with E-state index in [0.29, 0.717) is 16.5 Å². The van der Waals surface area contributed by atoms with Gasteiger partial charge in [-0.3, -0.25) is 4.72 Å². The number of halogens is 1. The fourth-order valence-electron chi connectivity index (χ4n) is 2.33. The van der Waals surface area contributed by atoms with Gasteiger partial charge in [-0.15, -0.1) is 0 Å². The quantitative estimate of drug-likeness (QED) is 0.653. The molecule has 134 valence electrons. The summed E-state index contributed by atoms with van der Waals surface area (Å²) in [4.78, 5) is 4.46. The van der Waals surface area contributed by atoms with Gasteiger partial charge in [0.2, 0.25) is 0 Å². The number of hydrogen-bond acceptors (Lipinski definition) is 4. The number of nitrogens with zero attached hydrogens (tertiary/aromatic N) is 1. The van der Waals surface area contributed by atoms with Crippen molar-refractivity contribution in [1.82, 2.24) is 4.98 Å². The highest BCUT2D eigenvalue weighted by atomic mass is 35.5. The van der Waals surface area contributed by atoms with Crippen molar-refractivity contribution in [1.29, 1.82) is 0 Å². The molecular weight excluding hydrogens is 370 g/mol. The summed E-state index contributed by atoms with van der Waals surface area (Å²) in [6, 6.07) is 15.6. The standard InChI is InChI=1S/C19H18ClN3O2S/c1-13-3-8-17(9-4-13)26(24,25)23-16-7-10-19(21-12-16)22-18-11-15(20)6-5-14(18)2/h3-12,23H,1-2H3,(H,21,22). The van der Waals surface area contributed by atoms with Crippen molar-refractivity contribution < 1.29 is 8.42 Å². The van der Waals surface area contributed by atoms with Crippen LogP contribution in [0.1, 0.15) is 11.1 Å². The number of anilines is 3. The monoisotopic (exact) mass is 387 g/mol. The number of pyridine rings is 1. The molecule has 2 aromatic carbocycles. The number of aromatic nitrogens is 1. The van der Waals surface area contributed by atoms with E-state index in [1.165, 1.54) is 6.20 Å². The average Bonchev–Trinajstić information content (AvgIpc) is 2.60. The fourth-order valence-corrected chi connectivity index (χ4v) is 3.54. The third kappa shape index (κ3) is 4.33. The van der Waals surface area contributed by atoms with Crippen LogP contribution in [0.3, 0.4) is 0 Å². The lowest BCUT2D eigenvalue weighted by Gasteiger charge is -2.11. The third-order valence-electron chi connectivity index (χ3n) is 3.81. The Kier molecular flexibility index (Phi) is 5.15. The Bertz CT molecular complexity index is 1020. The van der Waals surface area contributed by atoms with Crippen molar-refractivity contribution in [3.8, 4) is 0 Å². The van der Waals surface area contributed by atoms with E-state index in [9.17, 15) is 8.42 Å². The van der Waals surface area contributed by atoms with Gasteiger partial charge in [-0.2, -0.15) is 0 Å². The van der Waals surface area contributed by atoms with Crippen LogP contribution in [0.5, 0.6) is 0 Å². The van der Waals surface area contributed by atoms with Crippen molar-refractivity contribution in [3.05, 3.63) is 76.9 Å². The van der Waals surface area contributed by atoms with Crippen molar-refractivity contribution >= 4 is 38.8 Å². The van der Waals surface area contributed by atoms with E-state index < -0.39 is 10.0 Å². The van der Waals surface area contributed by atoms with E-state index in [2.05, 4.69) is 15.0 Å². The zero-order valence-electron chi connectivity index (χ0n) is 14.3. The summed E-state index contributed by atoms with van der Waals surface area (Å²) in [5, 5.41) is 3.79. The Labute approximate surface area is 158 Å². The summed E-state index contributed by atoms with van der Waals surface area (Å²) in [6.07, 6.45) is 1.47. The predicted octanol–water partition coefficient (Wildman–Crippen LogP) is 4.90. The van der Waals surface area contributed by atoms with Crippen LogP contribution in [-0.2, 0) is 10.0 Å². The molecule has 5 nitrogen and oxygen atoms in total. The molecule has 0 amide bonds. The molecule has 0 bridgehead atoms. The molecule has 0 unspecified atom stereocenters. The molecule has 0 aliphatic heterocycles. The fraction of sp³-hybridized carbons (Fsp3) is 0.105. The molecule has 0 spiro atoms. The van der Waals surface area contributed by atoms with Crippen molar-refractivity contribution in [2.75, 3.05) is 10.0 Å². The lowest BCUT2D eigenvalue weighted by atomic mass is 10.2. The van der Waals surface area contributed by atoms with Gasteiger partial charge in [0, 0.05) is 10.7 Å². The summed E-state index contributed by atoms with van der Waals surface area (Å²) in [5.41, 5.74) is 3.26. The maximum Gasteiger partial charge on any atom is 0.261 e. The van der Waals surface area contributed by atoms with Crippen LogP contribution in [0.25, 0.3) is 0 Å². The van der Waals surface area contributed by atoms with Crippen LogP contribution in [0.4, 0.5) is 17.2 Å². The largest absolute Gasteiger partial charge is 0.340 e. The van der Waals surface area contributed by atoms with Crippen LogP contribution in [0.2, 0.25) is 5.02 Å². The molecule has 1 heterocycles. The molecule has 0 saturated carbocycles. The van der Waals surface area contributed by atoms with Gasteiger partial charge in [0.1, 0.15) is 5.82 Å². The van der Waals surface area contributed by atoms with Gasteiger partial charge in [-0.1, -0.05) is 35.4 Å². The Balaban J connectivity index is 1.75. The highest BCUT2D eigenvalue weighted by Crippen LogP contribution is 2.24. The Morgan fingerprint density at radius 2 is 1.69 bits per heavy atom. The van der Waals surface area contributed by atoms with Gasteiger partial charge >= 0.3 is 0 Å². The molecular formula is C19H18ClN3O2S. The molecule has 3 aromatic rings. The molecule has 0 saturated heterocycles. The third-order valence-corrected chi connectivity index (χ3v) is 5.44. The second kappa shape index (κ2) is 7.35. The molecule has 1 aromatic heterocycles. The molecule has 0 aliphatic carbocycles. The van der Waals surface area contributed by atoms with E-state index in [1.807, 2.05) is 32.0 Å². The first-order chi connectivity index (χ1) is 12.3. The zero-order chi connectivity index (χ0) is 18.7. The van der Waals surface area contributed by atoms with Gasteiger partial charge in [0.05, 0.1) is 16.8 Å². The number of benzene rings is 2. The summed E-state index contributed by atoms with van der Waals surface area (Å²) in [6.45, 7) is 3.86. The van der Waals surface area contributed by atoms with Gasteiger partial charge in [-0.25, -0.2) is 13.4 Å². The van der Waals surface area contributed by atoms with Crippen molar-refractivity contribution in [2.24, 2.45) is 0 Å². The van der Waals surface area contributed by atoms with Gasteiger partial charge < -0.3 is 5.32 Å². The highest BCUT2D eigenvalue weighted by Gasteiger charge is 2.14. The summed E-state index contributed by atoms with van der Waals surface area (Å²) < 4.78 is 27.3. The van der Waals surface area contributed by atoms with E-state index in [0.717, 1.165) is 16.8 Å². The second-order valence-corrected chi connectivity index (χ2v) is 8.05. The molecule has 0 atom stereocenters. The topological polar surface area (TPSA) is 71.1 Å². The molecule has 0 radical (unpaired) electrons. The minimum atomic E-state index is -3.64. The number of rotatable bonds is 5. The van der Waals surface area contributed by atoms with Crippen molar-refractivity contribution in [3.63, 3.8) is 0 Å². The first kappa shape index (κ1) is 18.2. The van der Waals surface area contributed by atoms with E-state index in [1.54, 1.807) is 36.4 Å². The predicted molar refractivity (Wildman–Crippen MR) is 106 cm³/mol. The van der Waals surface area contributed by atoms with Crippen LogP contribution >= 0.6 is 11.6 Å². The minimum absolute atomic E-state index is 0.208. The number of hydrogen-bond donors (Lipinski definition) is 2. The molecule has 2 N–H and O–H groups in total. The second-order valence-electron chi connectivity index (χ2n) is 5.93. The molecule has 26 heavy (non-hydrogen) atoms. The molecule has 0 aliphatic rings. The summed E-state index contributed by atoms with van der Waals surface area (Å²) in [5.74, 6) is 0.591. The maximum atomic E-state index is 12.4. The summed E-state index contributed by atoms with van der Waals surface area (Å²) >= 11 is 6.01. The van der Waals surface area contributed by atoms with Crippen LogP contribution in [0.15, 0.2) is 65.7 Å².